The topological polar surface area (TPSA) is 59.8 Å². The number of carbonyl (C=O) groups is 1. The molecule has 0 spiro atoms. The highest BCUT2D eigenvalue weighted by atomic mass is 79.9. The number of halogens is 1. The van der Waals surface area contributed by atoms with Crippen molar-refractivity contribution in [2.45, 2.75) is 6.42 Å². The first kappa shape index (κ1) is 14.1. The molecule has 100 valence electrons. The van der Waals surface area contributed by atoms with Crippen molar-refractivity contribution in [2.24, 2.45) is 0 Å². The summed E-state index contributed by atoms with van der Waals surface area (Å²) in [5.74, 6) is 0.793. The fraction of sp³-hybridized carbons (Fsp3) is 0.250. The zero-order chi connectivity index (χ0) is 13.7. The quantitative estimate of drug-likeness (QED) is 0.908. The second kappa shape index (κ2) is 6.72. The lowest BCUT2D eigenvalue weighted by Gasteiger charge is -2.01. The predicted molar refractivity (Wildman–Crippen MR) is 80.7 cm³/mol. The zero-order valence-electron chi connectivity index (χ0n) is 10.3. The molecule has 19 heavy (non-hydrogen) atoms. The summed E-state index contributed by atoms with van der Waals surface area (Å²) in [7, 11) is 0. The number of anilines is 1. The Bertz CT molecular complexity index is 558. The van der Waals surface area contributed by atoms with E-state index in [2.05, 4.69) is 31.3 Å². The van der Waals surface area contributed by atoms with Crippen molar-refractivity contribution in [3.8, 4) is 5.69 Å². The number of carbonyl (C=O) groups excluding carboxylic acids is 1. The Morgan fingerprint density at radius 3 is 3.11 bits per heavy atom. The van der Waals surface area contributed by atoms with Crippen LogP contribution in [-0.2, 0) is 4.79 Å². The van der Waals surface area contributed by atoms with Gasteiger partial charge in [0.05, 0.1) is 23.8 Å². The molecule has 0 saturated carbocycles. The molecule has 7 heteroatoms. The van der Waals surface area contributed by atoms with Crippen LogP contribution in [0, 0.1) is 0 Å². The SMILES string of the molecule is CSCCC(=O)Nc1cn(-c2cccnc2)nc1Br. The number of thioether (sulfide) groups is 1. The van der Waals surface area contributed by atoms with Crippen LogP contribution in [0.1, 0.15) is 6.42 Å². The van der Waals surface area contributed by atoms with Gasteiger partial charge in [0, 0.05) is 18.4 Å². The molecule has 0 unspecified atom stereocenters. The van der Waals surface area contributed by atoms with Gasteiger partial charge in [-0.05, 0) is 34.3 Å². The van der Waals surface area contributed by atoms with Gasteiger partial charge in [-0.3, -0.25) is 9.78 Å². The highest BCUT2D eigenvalue weighted by Crippen LogP contribution is 2.22. The lowest BCUT2D eigenvalue weighted by Crippen LogP contribution is -2.11. The van der Waals surface area contributed by atoms with Crippen molar-refractivity contribution in [3.63, 3.8) is 0 Å². The van der Waals surface area contributed by atoms with Crippen molar-refractivity contribution in [1.82, 2.24) is 14.8 Å². The standard InChI is InChI=1S/C12H13BrN4OS/c1-19-6-4-11(18)15-10-8-17(16-12(10)13)9-3-2-5-14-7-9/h2-3,5,7-8H,4,6H2,1H3,(H,15,18). The first-order valence-corrected chi connectivity index (χ1v) is 7.83. The van der Waals surface area contributed by atoms with Crippen LogP contribution in [-0.4, -0.2) is 32.7 Å². The van der Waals surface area contributed by atoms with Crippen LogP contribution in [0.25, 0.3) is 5.69 Å². The summed E-state index contributed by atoms with van der Waals surface area (Å²) in [5.41, 5.74) is 1.50. The molecule has 0 radical (unpaired) electrons. The van der Waals surface area contributed by atoms with Crippen LogP contribution in [0.15, 0.2) is 35.3 Å². The Labute approximate surface area is 123 Å². The van der Waals surface area contributed by atoms with E-state index in [9.17, 15) is 4.79 Å². The average molecular weight is 341 g/mol. The van der Waals surface area contributed by atoms with Crippen LogP contribution in [0.2, 0.25) is 0 Å². The molecule has 1 amide bonds. The fourth-order valence-corrected chi connectivity index (χ4v) is 2.23. The summed E-state index contributed by atoms with van der Waals surface area (Å²) >= 11 is 4.98. The van der Waals surface area contributed by atoms with E-state index in [-0.39, 0.29) is 5.91 Å². The molecule has 2 rings (SSSR count). The number of pyridine rings is 1. The Morgan fingerprint density at radius 1 is 1.58 bits per heavy atom. The molecule has 0 bridgehead atoms. The number of hydrogen-bond donors (Lipinski definition) is 1. The molecule has 0 aliphatic carbocycles. The first-order valence-electron chi connectivity index (χ1n) is 5.65. The highest BCUT2D eigenvalue weighted by molar-refractivity contribution is 9.10. The van der Waals surface area contributed by atoms with E-state index in [4.69, 9.17) is 0 Å². The summed E-state index contributed by atoms with van der Waals surface area (Å²) in [5, 5.41) is 7.12. The molecule has 1 N–H and O–H groups in total. The second-order valence-corrected chi connectivity index (χ2v) is 5.52. The van der Waals surface area contributed by atoms with E-state index in [1.54, 1.807) is 35.0 Å². The minimum absolute atomic E-state index is 0.0132. The van der Waals surface area contributed by atoms with Gasteiger partial charge in [0.15, 0.2) is 4.60 Å². The highest BCUT2D eigenvalue weighted by Gasteiger charge is 2.10. The smallest absolute Gasteiger partial charge is 0.225 e. The van der Waals surface area contributed by atoms with Gasteiger partial charge >= 0.3 is 0 Å². The number of hydrogen-bond acceptors (Lipinski definition) is 4. The Balaban J connectivity index is 2.11. The van der Waals surface area contributed by atoms with E-state index in [1.807, 2.05) is 18.4 Å². The summed E-state index contributed by atoms with van der Waals surface area (Å²) < 4.78 is 2.27. The minimum atomic E-state index is -0.0132. The van der Waals surface area contributed by atoms with Crippen molar-refractivity contribution < 1.29 is 4.79 Å². The molecule has 2 heterocycles. The van der Waals surface area contributed by atoms with Crippen molar-refractivity contribution in [2.75, 3.05) is 17.3 Å². The predicted octanol–water partition coefficient (Wildman–Crippen LogP) is 2.72. The zero-order valence-corrected chi connectivity index (χ0v) is 12.7. The normalized spacial score (nSPS) is 10.4. The summed E-state index contributed by atoms with van der Waals surface area (Å²) in [6.45, 7) is 0. The third-order valence-corrected chi connectivity index (χ3v) is 3.59. The number of aromatic nitrogens is 3. The molecule has 0 aliphatic rings. The van der Waals surface area contributed by atoms with Crippen molar-refractivity contribution >= 4 is 39.3 Å². The maximum absolute atomic E-state index is 11.7. The third-order valence-electron chi connectivity index (χ3n) is 2.39. The second-order valence-electron chi connectivity index (χ2n) is 3.78. The van der Waals surface area contributed by atoms with Gasteiger partial charge in [0.25, 0.3) is 0 Å². The van der Waals surface area contributed by atoms with Crippen LogP contribution in [0.5, 0.6) is 0 Å². The van der Waals surface area contributed by atoms with Gasteiger partial charge in [-0.2, -0.15) is 16.9 Å². The van der Waals surface area contributed by atoms with Crippen LogP contribution in [0.4, 0.5) is 5.69 Å². The van der Waals surface area contributed by atoms with Crippen molar-refractivity contribution in [3.05, 3.63) is 35.3 Å². The lowest BCUT2D eigenvalue weighted by atomic mass is 10.4. The van der Waals surface area contributed by atoms with Gasteiger partial charge in [-0.25, -0.2) is 4.68 Å². The molecule has 0 saturated heterocycles. The molecule has 0 atom stereocenters. The minimum Gasteiger partial charge on any atom is -0.322 e. The number of nitrogens with zero attached hydrogens (tertiary/aromatic N) is 3. The maximum Gasteiger partial charge on any atom is 0.225 e. The maximum atomic E-state index is 11.7. The Morgan fingerprint density at radius 2 is 2.42 bits per heavy atom. The fourth-order valence-electron chi connectivity index (χ4n) is 1.47. The van der Waals surface area contributed by atoms with E-state index in [1.165, 1.54) is 0 Å². The van der Waals surface area contributed by atoms with E-state index in [0.717, 1.165) is 11.4 Å². The third kappa shape index (κ3) is 3.81. The molecule has 0 fully saturated rings. The van der Waals surface area contributed by atoms with E-state index in [0.29, 0.717) is 16.7 Å². The van der Waals surface area contributed by atoms with Crippen LogP contribution >= 0.6 is 27.7 Å². The van der Waals surface area contributed by atoms with Crippen LogP contribution in [0.3, 0.4) is 0 Å². The monoisotopic (exact) mass is 340 g/mol. The number of rotatable bonds is 5. The molecular formula is C12H13BrN4OS. The average Bonchev–Trinajstić information content (AvgIpc) is 2.79. The first-order chi connectivity index (χ1) is 9.20. The Hall–Kier alpha value is -1.34. The molecule has 5 nitrogen and oxygen atoms in total. The summed E-state index contributed by atoms with van der Waals surface area (Å²) in [4.78, 5) is 15.7. The van der Waals surface area contributed by atoms with Gasteiger partial charge in [-0.15, -0.1) is 0 Å². The number of nitrogens with one attached hydrogen (secondary N) is 1. The molecule has 0 aliphatic heterocycles. The lowest BCUT2D eigenvalue weighted by molar-refractivity contribution is -0.115. The molecule has 2 aromatic rings. The van der Waals surface area contributed by atoms with Gasteiger partial charge in [0.2, 0.25) is 5.91 Å². The largest absolute Gasteiger partial charge is 0.322 e. The van der Waals surface area contributed by atoms with Crippen molar-refractivity contribution in [1.29, 1.82) is 0 Å². The van der Waals surface area contributed by atoms with Gasteiger partial charge < -0.3 is 5.32 Å². The van der Waals surface area contributed by atoms with Gasteiger partial charge in [-0.1, -0.05) is 0 Å². The van der Waals surface area contributed by atoms with Crippen LogP contribution < -0.4 is 5.32 Å². The number of amides is 1. The van der Waals surface area contributed by atoms with E-state index >= 15 is 0 Å². The molecule has 2 aromatic heterocycles. The summed E-state index contributed by atoms with van der Waals surface area (Å²) in [6.07, 6.45) is 7.64. The Kier molecular flexibility index (Phi) is 4.98. The molecule has 0 aromatic carbocycles. The summed E-state index contributed by atoms with van der Waals surface area (Å²) in [6, 6.07) is 3.73. The van der Waals surface area contributed by atoms with Gasteiger partial charge in [0.1, 0.15) is 0 Å². The molecular weight excluding hydrogens is 328 g/mol. The van der Waals surface area contributed by atoms with E-state index < -0.39 is 0 Å².